The van der Waals surface area contributed by atoms with Crippen LogP contribution in [0.3, 0.4) is 0 Å². The Kier molecular flexibility index (Phi) is 3.37. The number of carbonyl (C=O) groups excluding carboxylic acids is 2. The molecule has 2 aliphatic rings. The van der Waals surface area contributed by atoms with Gasteiger partial charge in [-0.05, 0) is 19.4 Å². The zero-order valence-electron chi connectivity index (χ0n) is 11.6. The van der Waals surface area contributed by atoms with Crippen molar-refractivity contribution in [3.05, 3.63) is 44.5 Å². The number of hydrogen-bond donors (Lipinski definition) is 1. The summed E-state index contributed by atoms with van der Waals surface area (Å²) in [4.78, 5) is 36.9. The molecule has 0 saturated carbocycles. The molecule has 0 spiro atoms. The van der Waals surface area contributed by atoms with Crippen LogP contribution >= 0.6 is 11.6 Å². The molecule has 2 amide bonds. The van der Waals surface area contributed by atoms with Gasteiger partial charge in [0.15, 0.2) is 0 Å². The molecule has 0 aliphatic carbocycles. The molecule has 1 saturated heterocycles. The molecule has 22 heavy (non-hydrogen) atoms. The number of anilines is 1. The van der Waals surface area contributed by atoms with Gasteiger partial charge in [-0.15, -0.1) is 0 Å². The third kappa shape index (κ3) is 2.14. The fraction of sp³-hybridized carbons (Fsp3) is 0.286. The first-order valence-corrected chi connectivity index (χ1v) is 7.04. The van der Waals surface area contributed by atoms with Crippen LogP contribution in [0, 0.1) is 10.1 Å². The van der Waals surface area contributed by atoms with Gasteiger partial charge in [0.1, 0.15) is 11.7 Å². The molecule has 0 unspecified atom stereocenters. The van der Waals surface area contributed by atoms with Gasteiger partial charge in [-0.2, -0.15) is 0 Å². The van der Waals surface area contributed by atoms with Crippen molar-refractivity contribution in [3.8, 4) is 0 Å². The van der Waals surface area contributed by atoms with E-state index >= 15 is 0 Å². The van der Waals surface area contributed by atoms with Crippen LogP contribution < -0.4 is 5.32 Å². The maximum atomic E-state index is 12.7. The van der Waals surface area contributed by atoms with Gasteiger partial charge in [0, 0.05) is 17.6 Å². The predicted octanol–water partition coefficient (Wildman–Crippen LogP) is 2.36. The Labute approximate surface area is 130 Å². The fourth-order valence-electron chi connectivity index (χ4n) is 2.81. The van der Waals surface area contributed by atoms with Crippen molar-refractivity contribution in [1.29, 1.82) is 0 Å². The van der Waals surface area contributed by atoms with Crippen LogP contribution in [0.15, 0.2) is 23.8 Å². The number of benzene rings is 1. The second kappa shape index (κ2) is 5.10. The molecule has 2 aliphatic heterocycles. The lowest BCUT2D eigenvalue weighted by atomic mass is 10.1. The average molecular weight is 322 g/mol. The van der Waals surface area contributed by atoms with E-state index < -0.39 is 22.8 Å². The zero-order chi connectivity index (χ0) is 16.0. The normalized spacial score (nSPS) is 22.2. The number of allylic oxidation sites excluding steroid dienone is 1. The molecule has 1 atom stereocenters. The van der Waals surface area contributed by atoms with Crippen molar-refractivity contribution in [2.75, 3.05) is 11.9 Å². The Bertz CT molecular complexity index is 744. The summed E-state index contributed by atoms with van der Waals surface area (Å²) in [5, 5.41) is 13.8. The van der Waals surface area contributed by atoms with Gasteiger partial charge in [0.05, 0.1) is 10.5 Å². The number of nitrogens with zero attached hydrogens (tertiary/aromatic N) is 2. The van der Waals surface area contributed by atoms with E-state index in [0.717, 1.165) is 11.6 Å². The molecule has 1 aromatic rings. The Morgan fingerprint density at radius 3 is 2.82 bits per heavy atom. The first kappa shape index (κ1) is 14.5. The quantitative estimate of drug-likeness (QED) is 0.488. The van der Waals surface area contributed by atoms with Crippen LogP contribution in [0.2, 0.25) is 5.02 Å². The van der Waals surface area contributed by atoms with Crippen molar-refractivity contribution >= 4 is 34.8 Å². The summed E-state index contributed by atoms with van der Waals surface area (Å²) in [7, 11) is 0. The highest BCUT2D eigenvalue weighted by molar-refractivity contribution is 6.31. The molecule has 0 bridgehead atoms. The third-order valence-electron chi connectivity index (χ3n) is 3.93. The molecule has 7 nitrogen and oxygen atoms in total. The number of amides is 2. The van der Waals surface area contributed by atoms with Crippen LogP contribution in [-0.2, 0) is 4.79 Å². The second-order valence-electron chi connectivity index (χ2n) is 5.19. The number of fused-ring (bicyclic) bond motifs is 2. The Morgan fingerprint density at radius 1 is 1.45 bits per heavy atom. The van der Waals surface area contributed by atoms with Gasteiger partial charge >= 0.3 is 0 Å². The van der Waals surface area contributed by atoms with Gasteiger partial charge in [-0.25, -0.2) is 0 Å². The van der Waals surface area contributed by atoms with Crippen molar-refractivity contribution in [2.24, 2.45) is 0 Å². The molecular formula is C14H12ClN3O4. The molecule has 8 heteroatoms. The minimum atomic E-state index is -0.661. The van der Waals surface area contributed by atoms with Gasteiger partial charge in [-0.1, -0.05) is 23.3 Å². The molecule has 1 N–H and O–H groups in total. The molecular weight excluding hydrogens is 310 g/mol. The summed E-state index contributed by atoms with van der Waals surface area (Å²) in [6.45, 7) is 2.19. The largest absolute Gasteiger partial charge is 0.322 e. The highest BCUT2D eigenvalue weighted by atomic mass is 35.5. The molecule has 0 radical (unpaired) electrons. The molecule has 2 heterocycles. The van der Waals surface area contributed by atoms with Crippen LogP contribution in [0.5, 0.6) is 0 Å². The SMILES string of the molecule is C/C=C1/C[C@H]2C(=O)Nc3c(cc(Cl)cc3[N+](=O)[O-])C(=O)N2C1. The van der Waals surface area contributed by atoms with E-state index in [2.05, 4.69) is 5.32 Å². The molecule has 1 fully saturated rings. The summed E-state index contributed by atoms with van der Waals surface area (Å²) < 4.78 is 0. The van der Waals surface area contributed by atoms with Crippen molar-refractivity contribution < 1.29 is 14.5 Å². The average Bonchev–Trinajstić information content (AvgIpc) is 2.88. The van der Waals surface area contributed by atoms with Crippen LogP contribution in [-0.4, -0.2) is 34.2 Å². The highest BCUT2D eigenvalue weighted by Gasteiger charge is 2.42. The van der Waals surface area contributed by atoms with E-state index in [4.69, 9.17) is 11.6 Å². The summed E-state index contributed by atoms with van der Waals surface area (Å²) >= 11 is 5.88. The van der Waals surface area contributed by atoms with E-state index in [1.54, 1.807) is 0 Å². The first-order valence-electron chi connectivity index (χ1n) is 6.66. The molecule has 0 aromatic heterocycles. The standard InChI is InChI=1S/C14H12ClN3O4/c1-2-7-3-11-13(19)16-12-9(14(20)17(11)6-7)4-8(15)5-10(12)18(21)22/h2,4-5,11H,3,6H2,1H3,(H,16,19)/b7-2-/t11-/m0/s1. The number of nitro groups is 1. The lowest BCUT2D eigenvalue weighted by molar-refractivity contribution is -0.383. The number of halogens is 1. The van der Waals surface area contributed by atoms with Gasteiger partial charge in [-0.3, -0.25) is 19.7 Å². The number of nitro benzene ring substituents is 1. The lowest BCUT2D eigenvalue weighted by Crippen LogP contribution is -2.40. The minimum Gasteiger partial charge on any atom is -0.322 e. The van der Waals surface area contributed by atoms with E-state index in [1.807, 2.05) is 13.0 Å². The van der Waals surface area contributed by atoms with E-state index in [1.165, 1.54) is 11.0 Å². The minimum absolute atomic E-state index is 0.0485. The topological polar surface area (TPSA) is 92.5 Å². The van der Waals surface area contributed by atoms with Crippen molar-refractivity contribution in [3.63, 3.8) is 0 Å². The van der Waals surface area contributed by atoms with E-state index in [9.17, 15) is 19.7 Å². The first-order chi connectivity index (χ1) is 10.4. The van der Waals surface area contributed by atoms with E-state index in [0.29, 0.717) is 13.0 Å². The Morgan fingerprint density at radius 2 is 2.18 bits per heavy atom. The third-order valence-corrected chi connectivity index (χ3v) is 4.15. The van der Waals surface area contributed by atoms with Crippen LogP contribution in [0.4, 0.5) is 11.4 Å². The van der Waals surface area contributed by atoms with Crippen molar-refractivity contribution in [1.82, 2.24) is 4.90 Å². The molecule has 114 valence electrons. The fourth-order valence-corrected chi connectivity index (χ4v) is 3.02. The summed E-state index contributed by atoms with van der Waals surface area (Å²) in [6, 6.07) is 1.83. The maximum Gasteiger partial charge on any atom is 0.295 e. The Balaban J connectivity index is 2.17. The maximum absolute atomic E-state index is 12.7. The van der Waals surface area contributed by atoms with Crippen LogP contribution in [0.25, 0.3) is 0 Å². The van der Waals surface area contributed by atoms with E-state index in [-0.39, 0.29) is 22.0 Å². The monoisotopic (exact) mass is 321 g/mol. The van der Waals surface area contributed by atoms with Gasteiger partial charge in [0.2, 0.25) is 5.91 Å². The summed E-state index contributed by atoms with van der Waals surface area (Å²) in [5.41, 5.74) is 0.568. The number of rotatable bonds is 1. The summed E-state index contributed by atoms with van der Waals surface area (Å²) in [5.74, 6) is -0.852. The molecule has 3 rings (SSSR count). The van der Waals surface area contributed by atoms with Crippen molar-refractivity contribution in [2.45, 2.75) is 19.4 Å². The van der Waals surface area contributed by atoms with Gasteiger partial charge in [0.25, 0.3) is 11.6 Å². The summed E-state index contributed by atoms with van der Waals surface area (Å²) in [6.07, 6.45) is 2.31. The van der Waals surface area contributed by atoms with Gasteiger partial charge < -0.3 is 10.2 Å². The number of nitrogens with one attached hydrogen (secondary N) is 1. The Hall–Kier alpha value is -2.41. The lowest BCUT2D eigenvalue weighted by Gasteiger charge is -2.19. The zero-order valence-corrected chi connectivity index (χ0v) is 12.4. The second-order valence-corrected chi connectivity index (χ2v) is 5.63. The number of hydrogen-bond acceptors (Lipinski definition) is 4. The van der Waals surface area contributed by atoms with Crippen LogP contribution in [0.1, 0.15) is 23.7 Å². The smallest absolute Gasteiger partial charge is 0.295 e. The molecule has 1 aromatic carbocycles. The number of carbonyl (C=O) groups is 2. The predicted molar refractivity (Wildman–Crippen MR) is 79.9 cm³/mol. The highest BCUT2D eigenvalue weighted by Crippen LogP contribution is 2.37.